The molecule has 6 heteroatoms. The fraction of sp³-hybridized carbons (Fsp3) is 0.474. The first-order chi connectivity index (χ1) is 12.3. The van der Waals surface area contributed by atoms with Gasteiger partial charge in [0.05, 0.1) is 5.69 Å². The molecule has 4 rings (SSSR count). The van der Waals surface area contributed by atoms with Crippen LogP contribution in [0.25, 0.3) is 11.1 Å². The van der Waals surface area contributed by atoms with E-state index in [9.17, 15) is 4.79 Å². The van der Waals surface area contributed by atoms with E-state index in [4.69, 9.17) is 4.74 Å². The Labute approximate surface area is 147 Å². The molecule has 25 heavy (non-hydrogen) atoms. The van der Waals surface area contributed by atoms with Gasteiger partial charge in [-0.2, -0.15) is 0 Å². The molecule has 4 heterocycles. The Hall–Kier alpha value is -2.34. The number of ether oxygens (including phenoxy) is 1. The molecule has 0 spiro atoms. The summed E-state index contributed by atoms with van der Waals surface area (Å²) in [5, 5.41) is 0. The molecule has 2 fully saturated rings. The van der Waals surface area contributed by atoms with E-state index in [-0.39, 0.29) is 17.9 Å². The Bertz CT molecular complexity index is 731. The lowest BCUT2D eigenvalue weighted by atomic mass is 9.90. The van der Waals surface area contributed by atoms with Gasteiger partial charge in [0.15, 0.2) is 0 Å². The van der Waals surface area contributed by atoms with Gasteiger partial charge >= 0.3 is 0 Å². The van der Waals surface area contributed by atoms with Crippen molar-refractivity contribution in [3.05, 3.63) is 42.7 Å². The summed E-state index contributed by atoms with van der Waals surface area (Å²) >= 11 is 0. The first kappa shape index (κ1) is 16.1. The van der Waals surface area contributed by atoms with Gasteiger partial charge in [0.2, 0.25) is 0 Å². The van der Waals surface area contributed by atoms with Gasteiger partial charge in [-0.05, 0) is 43.4 Å². The lowest BCUT2D eigenvalue weighted by Crippen LogP contribution is -2.44. The molecule has 0 N–H and O–H groups in total. The van der Waals surface area contributed by atoms with E-state index >= 15 is 0 Å². The minimum absolute atomic E-state index is 0.140. The van der Waals surface area contributed by atoms with Crippen LogP contribution < -0.4 is 0 Å². The van der Waals surface area contributed by atoms with E-state index in [1.807, 2.05) is 23.2 Å². The summed E-state index contributed by atoms with van der Waals surface area (Å²) in [5.74, 6) is 0.368. The molecule has 2 atom stereocenters. The molecule has 2 aliphatic heterocycles. The maximum atomic E-state index is 12.7. The predicted molar refractivity (Wildman–Crippen MR) is 92.8 cm³/mol. The summed E-state index contributed by atoms with van der Waals surface area (Å²) in [6.07, 6.45) is 10.6. The monoisotopic (exact) mass is 338 g/mol. The number of carbonyl (C=O) groups excluding carboxylic acids is 1. The molecule has 6 nitrogen and oxygen atoms in total. The van der Waals surface area contributed by atoms with Gasteiger partial charge in [0.25, 0.3) is 5.91 Å². The molecule has 130 valence electrons. The number of hydrogen-bond donors (Lipinski definition) is 0. The van der Waals surface area contributed by atoms with Crippen LogP contribution >= 0.6 is 0 Å². The van der Waals surface area contributed by atoms with E-state index < -0.39 is 0 Å². The second-order valence-electron chi connectivity index (χ2n) is 6.68. The summed E-state index contributed by atoms with van der Waals surface area (Å²) in [5.41, 5.74) is 3.11. The number of rotatable bonds is 3. The average Bonchev–Trinajstić information content (AvgIpc) is 3.23. The lowest BCUT2D eigenvalue weighted by Gasteiger charge is -2.34. The van der Waals surface area contributed by atoms with Crippen LogP contribution in [-0.4, -0.2) is 51.6 Å². The number of carbonyl (C=O) groups is 1. The maximum Gasteiger partial charge on any atom is 0.251 e. The highest BCUT2D eigenvalue weighted by Gasteiger charge is 2.33. The van der Waals surface area contributed by atoms with Crippen molar-refractivity contribution in [1.82, 2.24) is 19.9 Å². The Balaban J connectivity index is 1.57. The van der Waals surface area contributed by atoms with Crippen molar-refractivity contribution in [2.45, 2.75) is 37.7 Å². The van der Waals surface area contributed by atoms with Crippen molar-refractivity contribution >= 4 is 5.91 Å². The van der Waals surface area contributed by atoms with Crippen LogP contribution in [0.3, 0.4) is 0 Å². The smallest absolute Gasteiger partial charge is 0.251 e. The van der Waals surface area contributed by atoms with Crippen molar-refractivity contribution in [2.24, 2.45) is 0 Å². The molecular formula is C19H22N4O2. The van der Waals surface area contributed by atoms with Crippen molar-refractivity contribution in [3.63, 3.8) is 0 Å². The molecule has 2 saturated heterocycles. The zero-order chi connectivity index (χ0) is 17.1. The summed E-state index contributed by atoms with van der Waals surface area (Å²) in [6, 6.07) is 3.95. The van der Waals surface area contributed by atoms with Gasteiger partial charge in [-0.15, -0.1) is 0 Å². The number of amides is 1. The van der Waals surface area contributed by atoms with E-state index in [0.717, 1.165) is 49.0 Å². The number of pyridine rings is 1. The summed E-state index contributed by atoms with van der Waals surface area (Å²) in [7, 11) is 0. The normalized spacial score (nSPS) is 23.6. The molecule has 0 aliphatic carbocycles. The van der Waals surface area contributed by atoms with Gasteiger partial charge in [-0.25, -0.2) is 9.97 Å². The molecule has 0 radical (unpaired) electrons. The third-order valence-corrected chi connectivity index (χ3v) is 5.06. The van der Waals surface area contributed by atoms with Crippen LogP contribution in [0.5, 0.6) is 0 Å². The van der Waals surface area contributed by atoms with Gasteiger partial charge in [0.1, 0.15) is 12.4 Å². The largest absolute Gasteiger partial charge is 0.368 e. The molecule has 0 saturated carbocycles. The number of hydrogen-bond acceptors (Lipinski definition) is 5. The zero-order valence-corrected chi connectivity index (χ0v) is 14.2. The summed E-state index contributed by atoms with van der Waals surface area (Å²) in [6.45, 7) is 2.21. The van der Waals surface area contributed by atoms with Crippen LogP contribution in [0.15, 0.2) is 37.1 Å². The third-order valence-electron chi connectivity index (χ3n) is 5.06. The Kier molecular flexibility index (Phi) is 4.70. The minimum Gasteiger partial charge on any atom is -0.368 e. The highest BCUT2D eigenvalue weighted by molar-refractivity contribution is 5.81. The Morgan fingerprint density at radius 2 is 2.04 bits per heavy atom. The number of likely N-dealkylation sites (tertiary alicyclic amines) is 1. The molecule has 0 aromatic carbocycles. The number of aromatic nitrogens is 3. The van der Waals surface area contributed by atoms with Crippen molar-refractivity contribution < 1.29 is 9.53 Å². The van der Waals surface area contributed by atoms with E-state index in [1.54, 1.807) is 18.7 Å². The van der Waals surface area contributed by atoms with Gasteiger partial charge < -0.3 is 9.64 Å². The molecular weight excluding hydrogens is 316 g/mol. The van der Waals surface area contributed by atoms with Crippen LogP contribution in [0.2, 0.25) is 0 Å². The third kappa shape index (κ3) is 3.39. The fourth-order valence-electron chi connectivity index (χ4n) is 3.79. The quantitative estimate of drug-likeness (QED) is 0.860. The second kappa shape index (κ2) is 7.27. The Morgan fingerprint density at radius 3 is 2.84 bits per heavy atom. The predicted octanol–water partition coefficient (Wildman–Crippen LogP) is 2.42. The van der Waals surface area contributed by atoms with Crippen LogP contribution in [0.4, 0.5) is 0 Å². The second-order valence-corrected chi connectivity index (χ2v) is 6.68. The maximum absolute atomic E-state index is 12.7. The fourth-order valence-corrected chi connectivity index (χ4v) is 3.79. The summed E-state index contributed by atoms with van der Waals surface area (Å²) in [4.78, 5) is 27.5. The first-order valence-electron chi connectivity index (χ1n) is 8.93. The van der Waals surface area contributed by atoms with Crippen molar-refractivity contribution in [3.8, 4) is 11.1 Å². The molecule has 2 aromatic rings. The van der Waals surface area contributed by atoms with Crippen molar-refractivity contribution in [1.29, 1.82) is 0 Å². The van der Waals surface area contributed by atoms with Crippen molar-refractivity contribution in [2.75, 3.05) is 19.7 Å². The van der Waals surface area contributed by atoms with Gasteiger partial charge in [0, 0.05) is 49.8 Å². The lowest BCUT2D eigenvalue weighted by molar-refractivity contribution is -0.142. The van der Waals surface area contributed by atoms with E-state index in [1.165, 1.54) is 0 Å². The highest BCUT2D eigenvalue weighted by atomic mass is 16.5. The number of piperidine rings is 1. The summed E-state index contributed by atoms with van der Waals surface area (Å²) < 4.78 is 5.58. The average molecular weight is 338 g/mol. The molecule has 0 bridgehead atoms. The highest BCUT2D eigenvalue weighted by Crippen LogP contribution is 2.33. The van der Waals surface area contributed by atoms with Gasteiger partial charge in [-0.1, -0.05) is 0 Å². The Morgan fingerprint density at radius 1 is 1.16 bits per heavy atom. The van der Waals surface area contributed by atoms with Crippen LogP contribution in [0.1, 0.15) is 37.3 Å². The van der Waals surface area contributed by atoms with Crippen LogP contribution in [0, 0.1) is 0 Å². The number of nitrogens with zero attached hydrogens (tertiary/aromatic N) is 4. The van der Waals surface area contributed by atoms with Crippen LogP contribution in [-0.2, 0) is 9.53 Å². The van der Waals surface area contributed by atoms with Gasteiger partial charge in [-0.3, -0.25) is 9.78 Å². The standard InChI is InChI=1S/C19H22N4O2/c24-19(17-4-2-10-25-17)23-9-1-3-15(12-23)18-16(11-21-13-22-18)14-5-7-20-8-6-14/h5-8,11,13,15,17H,1-4,9-10,12H2/t15-,17-/m1/s1. The molecule has 1 amide bonds. The molecule has 2 aromatic heterocycles. The minimum atomic E-state index is -0.246. The first-order valence-corrected chi connectivity index (χ1v) is 8.93. The van der Waals surface area contributed by atoms with E-state index in [0.29, 0.717) is 13.2 Å². The molecule has 2 aliphatic rings. The SMILES string of the molecule is O=C([C@H]1CCCO1)N1CCC[C@@H](c2ncncc2-c2ccncc2)C1. The molecule has 0 unspecified atom stereocenters. The zero-order valence-electron chi connectivity index (χ0n) is 14.2. The topological polar surface area (TPSA) is 68.2 Å². The van der Waals surface area contributed by atoms with E-state index in [2.05, 4.69) is 15.0 Å².